The van der Waals surface area contributed by atoms with Gasteiger partial charge in [-0.1, -0.05) is 19.4 Å². The zero-order valence-electron chi connectivity index (χ0n) is 13.6. The van der Waals surface area contributed by atoms with Crippen molar-refractivity contribution in [3.8, 4) is 5.75 Å². The average molecular weight is 391 g/mol. The van der Waals surface area contributed by atoms with Gasteiger partial charge in [-0.25, -0.2) is 22.2 Å². The zero-order valence-corrected chi connectivity index (χ0v) is 15.3. The van der Waals surface area contributed by atoms with Gasteiger partial charge in [0, 0.05) is 6.54 Å². The molecular formula is C14H21N3O6S2. The minimum Gasteiger partial charge on any atom is -0.506 e. The average Bonchev–Trinajstić information content (AvgIpc) is 2.78. The number of nitrogens with one attached hydrogen (secondary N) is 2. The maximum atomic E-state index is 11.8. The number of hydrogen-bond donors (Lipinski definition) is 4. The maximum absolute atomic E-state index is 11.8. The van der Waals surface area contributed by atoms with Gasteiger partial charge < -0.3 is 10.2 Å². The molecule has 140 valence electrons. The molecule has 25 heavy (non-hydrogen) atoms. The second-order valence-corrected chi connectivity index (χ2v) is 9.03. The fourth-order valence-electron chi connectivity index (χ4n) is 2.26. The van der Waals surface area contributed by atoms with E-state index in [1.54, 1.807) is 6.07 Å². The standard InChI is InChI=1S/C14H21N3O6S2/c1-2-3-8-24(20,21)15-7-6-11-4-5-12(13(18)9-11)17-10-14(19)16-25(17,22)23/h4-5,9-10,15-16,18-19H,2-3,6-8H2,1H3. The monoisotopic (exact) mass is 391 g/mol. The van der Waals surface area contributed by atoms with Crippen molar-refractivity contribution in [1.82, 2.24) is 9.44 Å². The molecule has 1 aromatic carbocycles. The van der Waals surface area contributed by atoms with Crippen molar-refractivity contribution in [3.63, 3.8) is 0 Å². The lowest BCUT2D eigenvalue weighted by molar-refractivity contribution is 0.392. The number of unbranched alkanes of at least 4 members (excludes halogenated alkanes) is 1. The van der Waals surface area contributed by atoms with Crippen molar-refractivity contribution in [3.05, 3.63) is 35.8 Å². The lowest BCUT2D eigenvalue weighted by atomic mass is 10.1. The third-order valence-corrected chi connectivity index (χ3v) is 6.27. The highest BCUT2D eigenvalue weighted by Gasteiger charge is 2.30. The predicted molar refractivity (Wildman–Crippen MR) is 93.8 cm³/mol. The van der Waals surface area contributed by atoms with Crippen LogP contribution in [0.4, 0.5) is 5.69 Å². The molecule has 1 aromatic rings. The molecule has 11 heteroatoms. The van der Waals surface area contributed by atoms with Crippen molar-refractivity contribution in [2.24, 2.45) is 0 Å². The smallest absolute Gasteiger partial charge is 0.330 e. The van der Waals surface area contributed by atoms with Crippen molar-refractivity contribution >= 4 is 25.9 Å². The molecule has 0 fully saturated rings. The summed E-state index contributed by atoms with van der Waals surface area (Å²) in [6.07, 6.45) is 2.65. The number of aromatic hydroxyl groups is 1. The normalized spacial score (nSPS) is 16.5. The van der Waals surface area contributed by atoms with Crippen LogP contribution in [-0.2, 0) is 26.7 Å². The number of aliphatic hydroxyl groups excluding tert-OH is 1. The highest BCUT2D eigenvalue weighted by atomic mass is 32.2. The molecule has 9 nitrogen and oxygen atoms in total. The Balaban J connectivity index is 2.03. The largest absolute Gasteiger partial charge is 0.506 e. The van der Waals surface area contributed by atoms with Crippen molar-refractivity contribution in [2.75, 3.05) is 16.6 Å². The molecule has 0 amide bonds. The van der Waals surface area contributed by atoms with Gasteiger partial charge in [-0.3, -0.25) is 0 Å². The van der Waals surface area contributed by atoms with E-state index >= 15 is 0 Å². The molecule has 0 unspecified atom stereocenters. The van der Waals surface area contributed by atoms with Crippen molar-refractivity contribution in [2.45, 2.75) is 26.2 Å². The minimum absolute atomic E-state index is 0.0242. The van der Waals surface area contributed by atoms with E-state index in [0.29, 0.717) is 18.4 Å². The van der Waals surface area contributed by atoms with Crippen LogP contribution in [0.3, 0.4) is 0 Å². The molecule has 0 bridgehead atoms. The Labute approximate surface area is 147 Å². The van der Waals surface area contributed by atoms with Crippen LogP contribution in [0.5, 0.6) is 5.75 Å². The first-order valence-corrected chi connectivity index (χ1v) is 10.8. The van der Waals surface area contributed by atoms with Crippen molar-refractivity contribution in [1.29, 1.82) is 0 Å². The second-order valence-electron chi connectivity index (χ2n) is 5.56. The fraction of sp³-hybridized carbons (Fsp3) is 0.429. The molecule has 1 aliphatic rings. The van der Waals surface area contributed by atoms with E-state index in [1.807, 2.05) is 11.6 Å². The first-order valence-electron chi connectivity index (χ1n) is 7.67. The van der Waals surface area contributed by atoms with Gasteiger partial charge in [-0.05, 0) is 30.5 Å². The Morgan fingerprint density at radius 2 is 2.00 bits per heavy atom. The quantitative estimate of drug-likeness (QED) is 0.514. The van der Waals surface area contributed by atoms with Gasteiger partial charge in [-0.15, -0.1) is 0 Å². The molecule has 0 aromatic heterocycles. The van der Waals surface area contributed by atoms with Crippen LogP contribution in [0, 0.1) is 0 Å². The molecule has 0 radical (unpaired) electrons. The van der Waals surface area contributed by atoms with Gasteiger partial charge in [0.05, 0.1) is 12.0 Å². The number of phenolic OH excluding ortho intramolecular Hbond substituents is 1. The summed E-state index contributed by atoms with van der Waals surface area (Å²) in [6, 6.07) is 4.31. The maximum Gasteiger partial charge on any atom is 0.330 e. The summed E-state index contributed by atoms with van der Waals surface area (Å²) in [5, 5.41) is 19.3. The summed E-state index contributed by atoms with van der Waals surface area (Å²) in [6.45, 7) is 2.08. The Kier molecular flexibility index (Phi) is 5.80. The second kappa shape index (κ2) is 7.50. The molecule has 0 spiro atoms. The van der Waals surface area contributed by atoms with E-state index < -0.39 is 26.1 Å². The third kappa shape index (κ3) is 5.00. The van der Waals surface area contributed by atoms with Gasteiger partial charge in [0.1, 0.15) is 11.4 Å². The van der Waals surface area contributed by atoms with Crippen LogP contribution in [0.1, 0.15) is 25.3 Å². The topological polar surface area (TPSA) is 136 Å². The summed E-state index contributed by atoms with van der Waals surface area (Å²) in [7, 11) is -7.29. The Morgan fingerprint density at radius 1 is 1.28 bits per heavy atom. The number of sulfonamides is 1. The van der Waals surface area contributed by atoms with Crippen LogP contribution in [0.15, 0.2) is 30.3 Å². The van der Waals surface area contributed by atoms with Gasteiger partial charge in [0.25, 0.3) is 0 Å². The number of rotatable bonds is 8. The summed E-state index contributed by atoms with van der Waals surface area (Å²) in [5.41, 5.74) is 0.612. The SMILES string of the molecule is CCCCS(=O)(=O)NCCc1ccc(N2C=C(O)NS2(=O)=O)c(O)c1. The minimum atomic E-state index is -3.98. The van der Waals surface area contributed by atoms with E-state index in [0.717, 1.165) is 16.9 Å². The number of nitrogens with zero attached hydrogens (tertiary/aromatic N) is 1. The highest BCUT2D eigenvalue weighted by molar-refractivity contribution is 7.91. The van der Waals surface area contributed by atoms with Gasteiger partial charge in [-0.2, -0.15) is 8.42 Å². The van der Waals surface area contributed by atoms with E-state index in [4.69, 9.17) is 0 Å². The number of hydrogen-bond acceptors (Lipinski definition) is 6. The van der Waals surface area contributed by atoms with Crippen LogP contribution >= 0.6 is 0 Å². The Bertz CT molecular complexity index is 865. The van der Waals surface area contributed by atoms with Crippen molar-refractivity contribution < 1.29 is 27.0 Å². The molecule has 0 atom stereocenters. The molecule has 2 rings (SSSR count). The summed E-state index contributed by atoms with van der Waals surface area (Å²) in [4.78, 5) is 0. The van der Waals surface area contributed by atoms with Crippen LogP contribution in [0.2, 0.25) is 0 Å². The predicted octanol–water partition coefficient (Wildman–Crippen LogP) is 0.666. The first kappa shape index (κ1) is 19.3. The number of benzene rings is 1. The number of aliphatic hydroxyl groups is 1. The fourth-order valence-corrected chi connectivity index (χ4v) is 4.55. The van der Waals surface area contributed by atoms with Crippen LogP contribution in [-0.4, -0.2) is 39.3 Å². The molecule has 0 aliphatic carbocycles. The molecule has 4 N–H and O–H groups in total. The van der Waals surface area contributed by atoms with Gasteiger partial charge in [0.15, 0.2) is 0 Å². The van der Waals surface area contributed by atoms with Crippen LogP contribution < -0.4 is 13.7 Å². The van der Waals surface area contributed by atoms with E-state index in [1.165, 1.54) is 12.1 Å². The Morgan fingerprint density at radius 3 is 2.56 bits per heavy atom. The number of phenols is 1. The van der Waals surface area contributed by atoms with E-state index in [2.05, 4.69) is 4.72 Å². The highest BCUT2D eigenvalue weighted by Crippen LogP contribution is 2.32. The van der Waals surface area contributed by atoms with E-state index in [9.17, 15) is 27.0 Å². The molecule has 0 saturated carbocycles. The lowest BCUT2D eigenvalue weighted by Crippen LogP contribution is -2.29. The van der Waals surface area contributed by atoms with Gasteiger partial charge >= 0.3 is 10.2 Å². The van der Waals surface area contributed by atoms with Crippen LogP contribution in [0.25, 0.3) is 0 Å². The third-order valence-electron chi connectivity index (χ3n) is 3.51. The van der Waals surface area contributed by atoms with E-state index in [-0.39, 0.29) is 23.7 Å². The molecule has 1 aliphatic heterocycles. The molecular weight excluding hydrogens is 370 g/mol. The first-order chi connectivity index (χ1) is 11.6. The molecule has 0 saturated heterocycles. The number of anilines is 1. The summed E-state index contributed by atoms with van der Waals surface area (Å²) in [5.74, 6) is -0.781. The zero-order chi connectivity index (χ0) is 18.7. The molecule has 1 heterocycles. The lowest BCUT2D eigenvalue weighted by Gasteiger charge is -2.16. The Hall–Kier alpha value is -1.98. The van der Waals surface area contributed by atoms with Gasteiger partial charge in [0.2, 0.25) is 15.9 Å². The summed E-state index contributed by atoms with van der Waals surface area (Å²) < 4.78 is 52.1. The summed E-state index contributed by atoms with van der Waals surface area (Å²) >= 11 is 0.